The first kappa shape index (κ1) is 14.6. The maximum atomic E-state index is 12.7. The van der Waals surface area contributed by atoms with Crippen LogP contribution < -0.4 is 10.6 Å². The van der Waals surface area contributed by atoms with Crippen molar-refractivity contribution in [2.45, 2.75) is 25.9 Å². The van der Waals surface area contributed by atoms with Crippen molar-refractivity contribution >= 4 is 11.7 Å². The molecule has 1 saturated heterocycles. The van der Waals surface area contributed by atoms with Gasteiger partial charge in [-0.05, 0) is 30.9 Å². The number of aromatic nitrogens is 1. The Morgan fingerprint density at radius 2 is 2.15 bits per heavy atom. The molecule has 1 aromatic heterocycles. The fraction of sp³-hybridized carbons (Fsp3) is 0.538. The van der Waals surface area contributed by atoms with E-state index in [0.29, 0.717) is 19.0 Å². The van der Waals surface area contributed by atoms with Gasteiger partial charge >= 0.3 is 6.18 Å². The number of primary amides is 1. The second-order valence-corrected chi connectivity index (χ2v) is 5.12. The van der Waals surface area contributed by atoms with Gasteiger partial charge in [-0.25, -0.2) is 4.98 Å². The fourth-order valence-electron chi connectivity index (χ4n) is 2.42. The summed E-state index contributed by atoms with van der Waals surface area (Å²) in [7, 11) is 0. The summed E-state index contributed by atoms with van der Waals surface area (Å²) in [6.45, 7) is 3.18. The van der Waals surface area contributed by atoms with Gasteiger partial charge in [0.05, 0.1) is 5.56 Å². The van der Waals surface area contributed by atoms with Gasteiger partial charge in [0, 0.05) is 13.1 Å². The van der Waals surface area contributed by atoms with Gasteiger partial charge in [-0.15, -0.1) is 0 Å². The Balaban J connectivity index is 2.44. The lowest BCUT2D eigenvalue weighted by atomic mass is 10.00. The normalized spacial score (nSPS) is 20.0. The van der Waals surface area contributed by atoms with Gasteiger partial charge in [0.15, 0.2) is 0 Å². The summed E-state index contributed by atoms with van der Waals surface area (Å²) in [5.41, 5.74) is 4.26. The predicted molar refractivity (Wildman–Crippen MR) is 68.4 cm³/mol. The smallest absolute Gasteiger partial charge is 0.365 e. The average Bonchev–Trinajstić information content (AvgIpc) is 2.37. The molecule has 0 saturated carbocycles. The molecule has 1 aromatic rings. The van der Waals surface area contributed by atoms with Crippen LogP contribution in [0.25, 0.3) is 0 Å². The SMILES string of the molecule is CC1CCCN(c2nc(C(F)(F)F)ccc2C(N)=O)C1. The van der Waals surface area contributed by atoms with Crippen molar-refractivity contribution in [2.75, 3.05) is 18.0 Å². The summed E-state index contributed by atoms with van der Waals surface area (Å²) < 4.78 is 38.2. The van der Waals surface area contributed by atoms with Crippen molar-refractivity contribution in [3.8, 4) is 0 Å². The van der Waals surface area contributed by atoms with Crippen molar-refractivity contribution < 1.29 is 18.0 Å². The number of anilines is 1. The summed E-state index contributed by atoms with van der Waals surface area (Å²) >= 11 is 0. The third-order valence-corrected chi connectivity index (χ3v) is 3.39. The minimum Gasteiger partial charge on any atom is -0.365 e. The van der Waals surface area contributed by atoms with Crippen LogP contribution in [-0.2, 0) is 6.18 Å². The Bertz CT molecular complexity index is 516. The largest absolute Gasteiger partial charge is 0.433 e. The lowest BCUT2D eigenvalue weighted by Crippen LogP contribution is -2.36. The van der Waals surface area contributed by atoms with Gasteiger partial charge in [0.2, 0.25) is 0 Å². The second-order valence-electron chi connectivity index (χ2n) is 5.12. The summed E-state index contributed by atoms with van der Waals surface area (Å²) in [6.07, 6.45) is -2.66. The molecule has 2 rings (SSSR count). The minimum atomic E-state index is -4.54. The highest BCUT2D eigenvalue weighted by molar-refractivity contribution is 5.97. The predicted octanol–water partition coefficient (Wildman–Crippen LogP) is 2.44. The molecular weight excluding hydrogens is 271 g/mol. The van der Waals surface area contributed by atoms with Crippen molar-refractivity contribution in [1.29, 1.82) is 0 Å². The number of pyridine rings is 1. The topological polar surface area (TPSA) is 59.2 Å². The maximum absolute atomic E-state index is 12.7. The molecule has 1 aliphatic heterocycles. The average molecular weight is 287 g/mol. The van der Waals surface area contributed by atoms with Crippen LogP contribution in [0, 0.1) is 5.92 Å². The third-order valence-electron chi connectivity index (χ3n) is 3.39. The molecule has 2 N–H and O–H groups in total. The first-order chi connectivity index (χ1) is 9.29. The summed E-state index contributed by atoms with van der Waals surface area (Å²) in [5.74, 6) is -0.376. The molecule has 1 aliphatic rings. The number of alkyl halides is 3. The molecule has 110 valence electrons. The molecular formula is C13H16F3N3O. The lowest BCUT2D eigenvalue weighted by Gasteiger charge is -2.33. The van der Waals surface area contributed by atoms with Crippen LogP contribution in [0.1, 0.15) is 35.8 Å². The fourth-order valence-corrected chi connectivity index (χ4v) is 2.42. The Hall–Kier alpha value is -1.79. The molecule has 0 aromatic carbocycles. The number of hydrogen-bond donors (Lipinski definition) is 1. The van der Waals surface area contributed by atoms with E-state index >= 15 is 0 Å². The van der Waals surface area contributed by atoms with Gasteiger partial charge in [-0.1, -0.05) is 6.92 Å². The highest BCUT2D eigenvalue weighted by Gasteiger charge is 2.34. The molecule has 20 heavy (non-hydrogen) atoms. The number of rotatable bonds is 2. The van der Waals surface area contributed by atoms with Crippen LogP contribution in [-0.4, -0.2) is 24.0 Å². The van der Waals surface area contributed by atoms with Crippen LogP contribution in [0.5, 0.6) is 0 Å². The van der Waals surface area contributed by atoms with E-state index in [0.717, 1.165) is 25.0 Å². The second kappa shape index (κ2) is 5.30. The molecule has 0 aliphatic carbocycles. The lowest BCUT2D eigenvalue weighted by molar-refractivity contribution is -0.141. The maximum Gasteiger partial charge on any atom is 0.433 e. The molecule has 7 heteroatoms. The first-order valence-electron chi connectivity index (χ1n) is 6.42. The highest BCUT2D eigenvalue weighted by Crippen LogP contribution is 2.31. The minimum absolute atomic E-state index is 0.0344. The van der Waals surface area contributed by atoms with Gasteiger partial charge in [0.1, 0.15) is 11.5 Å². The summed E-state index contributed by atoms with van der Waals surface area (Å²) in [5, 5.41) is 0. The molecule has 2 heterocycles. The van der Waals surface area contributed by atoms with E-state index in [2.05, 4.69) is 4.98 Å². The Kier molecular flexibility index (Phi) is 3.87. The Labute approximate surface area is 114 Å². The number of piperidine rings is 1. The van der Waals surface area contributed by atoms with Gasteiger partial charge in [-0.2, -0.15) is 13.2 Å². The number of hydrogen-bond acceptors (Lipinski definition) is 3. The van der Waals surface area contributed by atoms with Crippen LogP contribution >= 0.6 is 0 Å². The van der Waals surface area contributed by atoms with E-state index in [9.17, 15) is 18.0 Å². The molecule has 1 atom stereocenters. The van der Waals surface area contributed by atoms with Gasteiger partial charge in [-0.3, -0.25) is 4.79 Å². The van der Waals surface area contributed by atoms with Crippen LogP contribution in [0.15, 0.2) is 12.1 Å². The van der Waals surface area contributed by atoms with Crippen LogP contribution in [0.2, 0.25) is 0 Å². The monoisotopic (exact) mass is 287 g/mol. The zero-order valence-corrected chi connectivity index (χ0v) is 11.1. The zero-order valence-electron chi connectivity index (χ0n) is 11.1. The zero-order chi connectivity index (χ0) is 14.9. The summed E-state index contributed by atoms with van der Waals surface area (Å²) in [4.78, 5) is 16.7. The van der Waals surface area contributed by atoms with Crippen LogP contribution in [0.3, 0.4) is 0 Å². The number of carbonyl (C=O) groups is 1. The Morgan fingerprint density at radius 3 is 2.70 bits per heavy atom. The molecule has 0 bridgehead atoms. The molecule has 0 radical (unpaired) electrons. The van der Waals surface area contributed by atoms with E-state index in [-0.39, 0.29) is 11.4 Å². The quantitative estimate of drug-likeness (QED) is 0.909. The number of carbonyl (C=O) groups excluding carboxylic acids is 1. The van der Waals surface area contributed by atoms with Gasteiger partial charge < -0.3 is 10.6 Å². The van der Waals surface area contributed by atoms with E-state index in [1.54, 1.807) is 4.90 Å². The van der Waals surface area contributed by atoms with E-state index in [4.69, 9.17) is 5.73 Å². The third kappa shape index (κ3) is 3.02. The standard InChI is InChI=1S/C13H16F3N3O/c1-8-3-2-6-19(7-8)12-9(11(17)20)4-5-10(18-12)13(14,15)16/h4-5,8H,2-3,6-7H2,1H3,(H2,17,20). The number of nitrogens with zero attached hydrogens (tertiary/aromatic N) is 2. The number of nitrogens with two attached hydrogens (primary N) is 1. The van der Waals surface area contributed by atoms with E-state index in [1.165, 1.54) is 0 Å². The van der Waals surface area contributed by atoms with E-state index < -0.39 is 17.8 Å². The molecule has 1 amide bonds. The summed E-state index contributed by atoms with van der Waals surface area (Å²) in [6, 6.07) is 1.89. The Morgan fingerprint density at radius 1 is 1.45 bits per heavy atom. The number of halogens is 3. The molecule has 4 nitrogen and oxygen atoms in total. The first-order valence-corrected chi connectivity index (χ1v) is 6.42. The number of amides is 1. The molecule has 1 unspecified atom stereocenters. The van der Waals surface area contributed by atoms with Crippen LogP contribution in [0.4, 0.5) is 19.0 Å². The van der Waals surface area contributed by atoms with Gasteiger partial charge in [0.25, 0.3) is 5.91 Å². The van der Waals surface area contributed by atoms with Crippen molar-refractivity contribution in [2.24, 2.45) is 11.7 Å². The highest BCUT2D eigenvalue weighted by atomic mass is 19.4. The molecule has 1 fully saturated rings. The van der Waals surface area contributed by atoms with Crippen molar-refractivity contribution in [3.05, 3.63) is 23.4 Å². The molecule has 0 spiro atoms. The van der Waals surface area contributed by atoms with E-state index in [1.807, 2.05) is 6.92 Å². The van der Waals surface area contributed by atoms with Crippen molar-refractivity contribution in [1.82, 2.24) is 4.98 Å². The van der Waals surface area contributed by atoms with Crippen molar-refractivity contribution in [3.63, 3.8) is 0 Å².